The van der Waals surface area contributed by atoms with Gasteiger partial charge < -0.3 is 5.32 Å². The summed E-state index contributed by atoms with van der Waals surface area (Å²) in [6.07, 6.45) is 3.91. The Morgan fingerprint density at radius 2 is 2.12 bits per heavy atom. The molecule has 6 heteroatoms. The van der Waals surface area contributed by atoms with E-state index in [1.165, 1.54) is 18.4 Å². The maximum absolute atomic E-state index is 12.3. The summed E-state index contributed by atoms with van der Waals surface area (Å²) < 4.78 is 2.45. The van der Waals surface area contributed by atoms with Gasteiger partial charge in [0.15, 0.2) is 10.6 Å². The summed E-state index contributed by atoms with van der Waals surface area (Å²) in [6, 6.07) is 8.47. The van der Waals surface area contributed by atoms with Gasteiger partial charge in [0.25, 0.3) is 0 Å². The minimum Gasteiger partial charge on any atom is -0.353 e. The number of amides is 1. The molecule has 1 aromatic carbocycles. The van der Waals surface area contributed by atoms with E-state index >= 15 is 0 Å². The second kappa shape index (κ2) is 7.30. The average Bonchev–Trinajstić information content (AvgIpc) is 3.12. The van der Waals surface area contributed by atoms with E-state index in [2.05, 4.69) is 29.4 Å². The smallest absolute Gasteiger partial charge is 0.222 e. The number of aromatic nitrogens is 3. The Kier molecular flexibility index (Phi) is 5.14. The van der Waals surface area contributed by atoms with Gasteiger partial charge in [0, 0.05) is 24.6 Å². The molecule has 0 spiro atoms. The summed E-state index contributed by atoms with van der Waals surface area (Å²) in [5.74, 6) is 1.45. The first-order valence-electron chi connectivity index (χ1n) is 8.56. The van der Waals surface area contributed by atoms with E-state index in [1.54, 1.807) is 0 Å². The second-order valence-electron chi connectivity index (χ2n) is 6.70. The number of aryl methyl sites for hydroxylation is 1. The Balaban J connectivity index is 1.67. The van der Waals surface area contributed by atoms with Crippen LogP contribution in [-0.2, 0) is 11.3 Å². The molecule has 0 saturated heterocycles. The highest BCUT2D eigenvalue weighted by molar-refractivity contribution is 7.71. The Labute approximate surface area is 147 Å². The van der Waals surface area contributed by atoms with E-state index in [0.717, 1.165) is 17.8 Å². The van der Waals surface area contributed by atoms with E-state index in [1.807, 2.05) is 28.8 Å². The highest BCUT2D eigenvalue weighted by Gasteiger charge is 2.24. The normalized spacial score (nSPS) is 20.2. The number of hydrogen-bond acceptors (Lipinski definition) is 3. The van der Waals surface area contributed by atoms with Gasteiger partial charge in [-0.2, -0.15) is 5.10 Å². The molecular formula is C18H24N4OS. The molecular weight excluding hydrogens is 320 g/mol. The van der Waals surface area contributed by atoms with Crippen molar-refractivity contribution in [1.29, 1.82) is 0 Å². The Bertz CT molecular complexity index is 762. The van der Waals surface area contributed by atoms with Crippen molar-refractivity contribution in [3.63, 3.8) is 0 Å². The molecule has 1 fully saturated rings. The molecule has 1 amide bonds. The molecule has 1 aliphatic rings. The molecule has 2 aromatic rings. The van der Waals surface area contributed by atoms with Gasteiger partial charge >= 0.3 is 0 Å². The van der Waals surface area contributed by atoms with Crippen molar-refractivity contribution in [2.45, 2.75) is 52.1 Å². The third-order valence-electron chi connectivity index (χ3n) is 4.84. The van der Waals surface area contributed by atoms with Crippen LogP contribution in [0.3, 0.4) is 0 Å². The molecule has 0 radical (unpaired) electrons. The highest BCUT2D eigenvalue weighted by atomic mass is 32.1. The van der Waals surface area contributed by atoms with Gasteiger partial charge in [-0.1, -0.05) is 43.2 Å². The van der Waals surface area contributed by atoms with Crippen molar-refractivity contribution in [3.8, 4) is 11.4 Å². The van der Waals surface area contributed by atoms with Crippen LogP contribution in [0.5, 0.6) is 0 Å². The fourth-order valence-corrected chi connectivity index (χ4v) is 3.52. The number of benzene rings is 1. The van der Waals surface area contributed by atoms with E-state index in [-0.39, 0.29) is 5.91 Å². The second-order valence-corrected chi connectivity index (χ2v) is 7.09. The first-order valence-corrected chi connectivity index (χ1v) is 8.97. The maximum atomic E-state index is 12.3. The summed E-state index contributed by atoms with van der Waals surface area (Å²) in [5.41, 5.74) is 2.20. The van der Waals surface area contributed by atoms with Gasteiger partial charge in [-0.25, -0.2) is 0 Å². The Morgan fingerprint density at radius 3 is 2.79 bits per heavy atom. The van der Waals surface area contributed by atoms with Crippen molar-refractivity contribution >= 4 is 18.1 Å². The van der Waals surface area contributed by atoms with Crippen LogP contribution in [0, 0.1) is 17.6 Å². The number of carbonyl (C=O) groups is 1. The first kappa shape index (κ1) is 16.9. The molecule has 1 aromatic heterocycles. The Morgan fingerprint density at radius 1 is 1.38 bits per heavy atom. The molecule has 5 nitrogen and oxygen atoms in total. The maximum Gasteiger partial charge on any atom is 0.222 e. The van der Waals surface area contributed by atoms with Crippen molar-refractivity contribution < 1.29 is 4.79 Å². The van der Waals surface area contributed by atoms with E-state index in [9.17, 15) is 4.79 Å². The summed E-state index contributed by atoms with van der Waals surface area (Å²) in [7, 11) is 0. The van der Waals surface area contributed by atoms with E-state index in [0.29, 0.717) is 29.7 Å². The lowest BCUT2D eigenvalue weighted by Gasteiger charge is -2.17. The Hall–Kier alpha value is -1.95. The summed E-state index contributed by atoms with van der Waals surface area (Å²) in [5, 5.41) is 10.3. The molecule has 24 heavy (non-hydrogen) atoms. The lowest BCUT2D eigenvalue weighted by Crippen LogP contribution is -2.36. The lowest BCUT2D eigenvalue weighted by molar-refractivity contribution is -0.122. The van der Waals surface area contributed by atoms with Crippen LogP contribution < -0.4 is 5.32 Å². The number of hydrogen-bond donors (Lipinski definition) is 2. The van der Waals surface area contributed by atoms with Gasteiger partial charge in [-0.3, -0.25) is 14.5 Å². The number of aromatic amines is 1. The molecule has 0 aliphatic heterocycles. The van der Waals surface area contributed by atoms with Crippen molar-refractivity contribution in [3.05, 3.63) is 34.6 Å². The number of H-pyrrole nitrogens is 1. The SMILES string of the molecule is Cc1ccc(-c2n[nH]c(=S)n2CCC(=O)N[C@@H]2CCC[C@H]2C)cc1. The van der Waals surface area contributed by atoms with Crippen LogP contribution >= 0.6 is 12.2 Å². The third-order valence-corrected chi connectivity index (χ3v) is 5.15. The van der Waals surface area contributed by atoms with Gasteiger partial charge in [0.1, 0.15) is 0 Å². The molecule has 0 bridgehead atoms. The van der Waals surface area contributed by atoms with E-state index in [4.69, 9.17) is 12.2 Å². The number of rotatable bonds is 5. The largest absolute Gasteiger partial charge is 0.353 e. The predicted octanol–water partition coefficient (Wildman–Crippen LogP) is 3.61. The van der Waals surface area contributed by atoms with Crippen molar-refractivity contribution in [2.24, 2.45) is 5.92 Å². The highest BCUT2D eigenvalue weighted by Crippen LogP contribution is 2.25. The van der Waals surface area contributed by atoms with Gasteiger partial charge in [0.05, 0.1) is 0 Å². The minimum absolute atomic E-state index is 0.0895. The van der Waals surface area contributed by atoms with Crippen LogP contribution in [0.4, 0.5) is 0 Å². The predicted molar refractivity (Wildman–Crippen MR) is 97.1 cm³/mol. The summed E-state index contributed by atoms with van der Waals surface area (Å²) in [4.78, 5) is 12.3. The molecule has 2 atom stereocenters. The van der Waals surface area contributed by atoms with Crippen LogP contribution in [0.15, 0.2) is 24.3 Å². The topological polar surface area (TPSA) is 62.7 Å². The molecule has 128 valence electrons. The first-order chi connectivity index (χ1) is 11.5. The van der Waals surface area contributed by atoms with Crippen LogP contribution in [0.25, 0.3) is 11.4 Å². The number of nitrogens with one attached hydrogen (secondary N) is 2. The van der Waals surface area contributed by atoms with Gasteiger partial charge in [0.2, 0.25) is 5.91 Å². The minimum atomic E-state index is 0.0895. The molecule has 0 unspecified atom stereocenters. The summed E-state index contributed by atoms with van der Waals surface area (Å²) >= 11 is 5.33. The lowest BCUT2D eigenvalue weighted by atomic mass is 10.1. The van der Waals surface area contributed by atoms with E-state index < -0.39 is 0 Å². The average molecular weight is 344 g/mol. The van der Waals surface area contributed by atoms with Crippen molar-refractivity contribution in [1.82, 2.24) is 20.1 Å². The number of nitrogens with zero attached hydrogens (tertiary/aromatic N) is 2. The molecule has 1 heterocycles. The molecule has 1 saturated carbocycles. The quantitative estimate of drug-likeness (QED) is 0.815. The zero-order valence-corrected chi connectivity index (χ0v) is 15.0. The number of carbonyl (C=O) groups excluding carboxylic acids is 1. The zero-order valence-electron chi connectivity index (χ0n) is 14.2. The summed E-state index contributed by atoms with van der Waals surface area (Å²) in [6.45, 7) is 4.79. The molecule has 3 rings (SSSR count). The fraction of sp³-hybridized carbons (Fsp3) is 0.500. The molecule has 2 N–H and O–H groups in total. The van der Waals surface area contributed by atoms with Crippen LogP contribution in [0.1, 0.15) is 38.2 Å². The standard InChI is InChI=1S/C18H24N4OS/c1-12-6-8-14(9-7-12)17-20-21-18(24)22(17)11-10-16(23)19-15-5-3-4-13(15)2/h6-9,13,15H,3-5,10-11H2,1-2H3,(H,19,23)(H,21,24)/t13-,15-/m1/s1. The van der Waals surface area contributed by atoms with Gasteiger partial charge in [-0.15, -0.1) is 0 Å². The zero-order chi connectivity index (χ0) is 17.1. The van der Waals surface area contributed by atoms with Crippen molar-refractivity contribution in [2.75, 3.05) is 0 Å². The van der Waals surface area contributed by atoms with Gasteiger partial charge in [-0.05, 0) is 37.9 Å². The van der Waals surface area contributed by atoms with Crippen LogP contribution in [-0.4, -0.2) is 26.7 Å². The monoisotopic (exact) mass is 344 g/mol. The molecule has 1 aliphatic carbocycles. The third kappa shape index (κ3) is 3.75. The van der Waals surface area contributed by atoms with Crippen LogP contribution in [0.2, 0.25) is 0 Å². The fourth-order valence-electron chi connectivity index (χ4n) is 3.30.